The highest BCUT2D eigenvalue weighted by Gasteiger charge is 2.29. The molecule has 1 saturated carbocycles. The minimum absolute atomic E-state index is 0.0196. The molecule has 2 rings (SSSR count). The number of hydrazone groups is 1. The van der Waals surface area contributed by atoms with E-state index in [0.29, 0.717) is 5.71 Å². The topological polar surface area (TPSA) is 78.8 Å². The smallest absolute Gasteiger partial charge is 0.303 e. The number of benzene rings is 1. The molecule has 0 bridgehead atoms. The van der Waals surface area contributed by atoms with Crippen LogP contribution in [0.3, 0.4) is 0 Å². The predicted octanol–water partition coefficient (Wildman–Crippen LogP) is 2.54. The van der Waals surface area contributed by atoms with Crippen LogP contribution >= 0.6 is 15.9 Å². The van der Waals surface area contributed by atoms with E-state index in [0.717, 1.165) is 22.9 Å². The number of halogens is 1. The van der Waals surface area contributed by atoms with Crippen LogP contribution in [-0.4, -0.2) is 22.7 Å². The summed E-state index contributed by atoms with van der Waals surface area (Å²) in [6.07, 6.45) is 2.07. The number of hydrogen-bond acceptors (Lipinski definition) is 3. The Kier molecular flexibility index (Phi) is 4.89. The van der Waals surface area contributed by atoms with Gasteiger partial charge in [-0.05, 0) is 30.5 Å². The number of carbonyl (C=O) groups is 2. The van der Waals surface area contributed by atoms with E-state index < -0.39 is 5.97 Å². The molecule has 1 aliphatic carbocycles. The van der Waals surface area contributed by atoms with Crippen molar-refractivity contribution in [2.24, 2.45) is 11.0 Å². The van der Waals surface area contributed by atoms with Gasteiger partial charge in [-0.2, -0.15) is 5.10 Å². The fourth-order valence-corrected chi connectivity index (χ4v) is 1.96. The number of hydrogen-bond donors (Lipinski definition) is 2. The molecule has 0 aromatic heterocycles. The van der Waals surface area contributed by atoms with Crippen molar-refractivity contribution >= 4 is 33.5 Å². The van der Waals surface area contributed by atoms with Crippen LogP contribution in [0.2, 0.25) is 0 Å². The van der Waals surface area contributed by atoms with Crippen molar-refractivity contribution < 1.29 is 14.7 Å². The second-order valence-electron chi connectivity index (χ2n) is 4.71. The first-order valence-electron chi connectivity index (χ1n) is 6.40. The van der Waals surface area contributed by atoms with E-state index in [2.05, 4.69) is 26.5 Å². The Morgan fingerprint density at radius 1 is 1.25 bits per heavy atom. The molecule has 1 fully saturated rings. The number of carboxylic acids is 1. The number of aliphatic carboxylic acids is 1. The van der Waals surface area contributed by atoms with Crippen LogP contribution in [-0.2, 0) is 9.59 Å². The maximum absolute atomic E-state index is 11.6. The van der Waals surface area contributed by atoms with Gasteiger partial charge < -0.3 is 5.11 Å². The predicted molar refractivity (Wildman–Crippen MR) is 78.4 cm³/mol. The highest BCUT2D eigenvalue weighted by atomic mass is 79.9. The Hall–Kier alpha value is -1.69. The van der Waals surface area contributed by atoms with Gasteiger partial charge in [0.2, 0.25) is 5.91 Å². The first kappa shape index (κ1) is 14.7. The van der Waals surface area contributed by atoms with Crippen LogP contribution in [0.15, 0.2) is 33.8 Å². The van der Waals surface area contributed by atoms with Gasteiger partial charge >= 0.3 is 5.97 Å². The fourth-order valence-electron chi connectivity index (χ4n) is 1.69. The summed E-state index contributed by atoms with van der Waals surface area (Å²) in [5.74, 6) is -0.900. The second kappa shape index (κ2) is 6.65. The normalized spacial score (nSPS) is 14.9. The average molecular weight is 339 g/mol. The van der Waals surface area contributed by atoms with Crippen molar-refractivity contribution in [3.05, 3.63) is 34.3 Å². The minimum Gasteiger partial charge on any atom is -0.481 e. The fraction of sp³-hybridized carbons (Fsp3) is 0.357. The van der Waals surface area contributed by atoms with E-state index in [1.165, 1.54) is 0 Å². The van der Waals surface area contributed by atoms with Crippen LogP contribution in [0.4, 0.5) is 0 Å². The zero-order valence-electron chi connectivity index (χ0n) is 10.8. The summed E-state index contributed by atoms with van der Waals surface area (Å²) in [6.45, 7) is 0. The highest BCUT2D eigenvalue weighted by Crippen LogP contribution is 2.28. The summed E-state index contributed by atoms with van der Waals surface area (Å²) in [6, 6.07) is 7.39. The molecule has 106 valence electrons. The van der Waals surface area contributed by atoms with Crippen molar-refractivity contribution in [1.82, 2.24) is 5.43 Å². The van der Waals surface area contributed by atoms with Crippen molar-refractivity contribution in [2.45, 2.75) is 25.7 Å². The third-order valence-corrected chi connectivity index (χ3v) is 3.53. The van der Waals surface area contributed by atoms with E-state index in [4.69, 9.17) is 5.11 Å². The maximum Gasteiger partial charge on any atom is 0.303 e. The average Bonchev–Trinajstić information content (AvgIpc) is 3.24. The molecule has 0 spiro atoms. The molecule has 1 aromatic rings. The molecular formula is C14H15BrN2O3. The Labute approximate surface area is 125 Å². The standard InChI is InChI=1S/C14H15BrN2O3/c15-11-5-3-9(4-6-11)12(7-8-13(18)19)16-17-14(20)10-1-2-10/h3-6,10H,1-2,7-8H2,(H,17,20)(H,18,19)/b16-12-. The lowest BCUT2D eigenvalue weighted by atomic mass is 10.1. The summed E-state index contributed by atoms with van der Waals surface area (Å²) in [5.41, 5.74) is 3.91. The Bertz CT molecular complexity index is 536. The van der Waals surface area contributed by atoms with Crippen LogP contribution in [0.25, 0.3) is 0 Å². The number of carbonyl (C=O) groups excluding carboxylic acids is 1. The van der Waals surface area contributed by atoms with Crippen molar-refractivity contribution in [2.75, 3.05) is 0 Å². The summed E-state index contributed by atoms with van der Waals surface area (Å²) in [5, 5.41) is 12.9. The van der Waals surface area contributed by atoms with Crippen molar-refractivity contribution in [3.63, 3.8) is 0 Å². The van der Waals surface area contributed by atoms with Gasteiger partial charge in [0.05, 0.1) is 12.1 Å². The van der Waals surface area contributed by atoms with Gasteiger partial charge in [-0.1, -0.05) is 28.1 Å². The summed E-state index contributed by atoms with van der Waals surface area (Å²) >= 11 is 3.34. The largest absolute Gasteiger partial charge is 0.481 e. The minimum atomic E-state index is -0.886. The van der Waals surface area contributed by atoms with E-state index in [9.17, 15) is 9.59 Å². The van der Waals surface area contributed by atoms with Crippen LogP contribution in [0, 0.1) is 5.92 Å². The van der Waals surface area contributed by atoms with E-state index in [1.54, 1.807) is 0 Å². The summed E-state index contributed by atoms with van der Waals surface area (Å²) < 4.78 is 0.931. The van der Waals surface area contributed by atoms with Crippen LogP contribution in [0.5, 0.6) is 0 Å². The third-order valence-electron chi connectivity index (χ3n) is 3.00. The molecule has 2 N–H and O–H groups in total. The molecule has 1 aliphatic rings. The zero-order valence-corrected chi connectivity index (χ0v) is 12.4. The quantitative estimate of drug-likeness (QED) is 0.618. The number of amides is 1. The van der Waals surface area contributed by atoms with E-state index >= 15 is 0 Å². The lowest BCUT2D eigenvalue weighted by molar-refractivity contribution is -0.136. The molecule has 0 unspecified atom stereocenters. The third kappa shape index (κ3) is 4.45. The summed E-state index contributed by atoms with van der Waals surface area (Å²) in [4.78, 5) is 22.3. The van der Waals surface area contributed by atoms with Crippen LogP contribution in [0.1, 0.15) is 31.2 Å². The maximum atomic E-state index is 11.6. The number of nitrogens with zero attached hydrogens (tertiary/aromatic N) is 1. The molecule has 1 aromatic carbocycles. The number of nitrogens with one attached hydrogen (secondary N) is 1. The number of carboxylic acid groups (broad SMARTS) is 1. The molecule has 20 heavy (non-hydrogen) atoms. The first-order valence-corrected chi connectivity index (χ1v) is 7.19. The van der Waals surface area contributed by atoms with Gasteiger partial charge in [0, 0.05) is 16.8 Å². The lowest BCUT2D eigenvalue weighted by Crippen LogP contribution is -2.21. The van der Waals surface area contributed by atoms with Crippen LogP contribution < -0.4 is 5.43 Å². The molecule has 1 amide bonds. The zero-order chi connectivity index (χ0) is 14.5. The molecule has 5 nitrogen and oxygen atoms in total. The highest BCUT2D eigenvalue weighted by molar-refractivity contribution is 9.10. The van der Waals surface area contributed by atoms with E-state index in [1.807, 2.05) is 24.3 Å². The molecule has 0 heterocycles. The second-order valence-corrected chi connectivity index (χ2v) is 5.63. The Balaban J connectivity index is 2.09. The Morgan fingerprint density at radius 2 is 1.90 bits per heavy atom. The molecule has 0 saturated heterocycles. The monoisotopic (exact) mass is 338 g/mol. The molecule has 0 atom stereocenters. The van der Waals surface area contributed by atoms with Gasteiger partial charge in [0.15, 0.2) is 0 Å². The van der Waals surface area contributed by atoms with Crippen molar-refractivity contribution in [1.29, 1.82) is 0 Å². The number of rotatable bonds is 6. The van der Waals surface area contributed by atoms with Gasteiger partial charge in [0.1, 0.15) is 0 Å². The van der Waals surface area contributed by atoms with Gasteiger partial charge in [-0.25, -0.2) is 5.43 Å². The van der Waals surface area contributed by atoms with Gasteiger partial charge in [0.25, 0.3) is 0 Å². The lowest BCUT2D eigenvalue weighted by Gasteiger charge is -2.06. The SMILES string of the molecule is O=C(O)CC/C(=N/NC(=O)C1CC1)c1ccc(Br)cc1. The first-order chi connectivity index (χ1) is 9.56. The van der Waals surface area contributed by atoms with E-state index in [-0.39, 0.29) is 24.7 Å². The molecule has 6 heteroatoms. The Morgan fingerprint density at radius 3 is 2.45 bits per heavy atom. The van der Waals surface area contributed by atoms with Crippen molar-refractivity contribution in [3.8, 4) is 0 Å². The van der Waals surface area contributed by atoms with Gasteiger partial charge in [-0.15, -0.1) is 0 Å². The molecule has 0 aliphatic heterocycles. The van der Waals surface area contributed by atoms with Gasteiger partial charge in [-0.3, -0.25) is 9.59 Å². The summed E-state index contributed by atoms with van der Waals surface area (Å²) in [7, 11) is 0. The molecule has 0 radical (unpaired) electrons. The molecular weight excluding hydrogens is 324 g/mol.